The maximum absolute atomic E-state index is 12.6. The van der Waals surface area contributed by atoms with Crippen LogP contribution >= 0.6 is 23.4 Å². The van der Waals surface area contributed by atoms with E-state index in [1.54, 1.807) is 0 Å². The zero-order valence-corrected chi connectivity index (χ0v) is 18.3. The second kappa shape index (κ2) is 8.00. The van der Waals surface area contributed by atoms with Crippen LogP contribution in [0, 0.1) is 12.8 Å². The van der Waals surface area contributed by atoms with E-state index in [9.17, 15) is 13.2 Å². The van der Waals surface area contributed by atoms with Gasteiger partial charge in [-0.05, 0) is 37.0 Å². The molecule has 1 aromatic rings. The van der Waals surface area contributed by atoms with E-state index in [0.717, 1.165) is 17.7 Å². The number of aryl methyl sites for hydroxylation is 1. The predicted octanol–water partition coefficient (Wildman–Crippen LogP) is 4.22. The summed E-state index contributed by atoms with van der Waals surface area (Å²) in [6.45, 7) is 1.96. The number of benzene rings is 1. The molecule has 3 aliphatic rings. The van der Waals surface area contributed by atoms with Crippen LogP contribution in [0.2, 0.25) is 5.02 Å². The number of aliphatic imine (C=N–C) groups is 1. The second-order valence-corrected chi connectivity index (χ2v) is 11.9. The lowest BCUT2D eigenvalue weighted by molar-refractivity contribution is -0.118. The molecule has 0 spiro atoms. The Kier molecular flexibility index (Phi) is 5.78. The number of amidine groups is 1. The van der Waals surface area contributed by atoms with E-state index in [-0.39, 0.29) is 28.7 Å². The first-order valence-electron chi connectivity index (χ1n) is 9.86. The van der Waals surface area contributed by atoms with Gasteiger partial charge in [0.15, 0.2) is 15.0 Å². The molecule has 1 amide bonds. The number of carbonyl (C=O) groups excluding carboxylic acids is 1. The molecule has 2 unspecified atom stereocenters. The quantitative estimate of drug-likeness (QED) is 0.701. The molecular weight excluding hydrogens is 416 g/mol. The van der Waals surface area contributed by atoms with Gasteiger partial charge in [-0.25, -0.2) is 8.42 Å². The smallest absolute Gasteiger partial charge is 0.248 e. The molecule has 4 rings (SSSR count). The van der Waals surface area contributed by atoms with Crippen LogP contribution in [0.15, 0.2) is 23.2 Å². The summed E-state index contributed by atoms with van der Waals surface area (Å²) < 4.78 is 24.4. The van der Waals surface area contributed by atoms with Crippen LogP contribution in [0.4, 0.5) is 5.69 Å². The SMILES string of the molecule is Cc1ccc(Cl)cc1N1C(=NC(=O)CCC2CCCC2)SC2CS(=O)(=O)CC21. The first-order valence-corrected chi connectivity index (χ1v) is 12.9. The summed E-state index contributed by atoms with van der Waals surface area (Å²) in [4.78, 5) is 18.9. The lowest BCUT2D eigenvalue weighted by atomic mass is 10.0. The van der Waals surface area contributed by atoms with E-state index >= 15 is 0 Å². The van der Waals surface area contributed by atoms with Crippen LogP contribution in [-0.4, -0.2) is 42.3 Å². The van der Waals surface area contributed by atoms with Gasteiger partial charge in [0.1, 0.15) is 0 Å². The number of thioether (sulfide) groups is 1. The molecule has 2 atom stereocenters. The Bertz CT molecular complexity index is 910. The summed E-state index contributed by atoms with van der Waals surface area (Å²) >= 11 is 7.63. The fourth-order valence-electron chi connectivity index (χ4n) is 4.48. The van der Waals surface area contributed by atoms with Gasteiger partial charge in [-0.2, -0.15) is 4.99 Å². The van der Waals surface area contributed by atoms with Crippen molar-refractivity contribution in [3.63, 3.8) is 0 Å². The maximum atomic E-state index is 12.6. The minimum Gasteiger partial charge on any atom is -0.315 e. The van der Waals surface area contributed by atoms with E-state index < -0.39 is 9.84 Å². The van der Waals surface area contributed by atoms with Crippen molar-refractivity contribution in [1.29, 1.82) is 0 Å². The average molecular weight is 441 g/mol. The van der Waals surface area contributed by atoms with Crippen molar-refractivity contribution in [2.75, 3.05) is 16.4 Å². The number of hydrogen-bond acceptors (Lipinski definition) is 4. The lowest BCUT2D eigenvalue weighted by Crippen LogP contribution is -2.38. The summed E-state index contributed by atoms with van der Waals surface area (Å²) in [6, 6.07) is 5.37. The van der Waals surface area contributed by atoms with Gasteiger partial charge < -0.3 is 4.90 Å². The van der Waals surface area contributed by atoms with Crippen molar-refractivity contribution in [3.05, 3.63) is 28.8 Å². The molecule has 2 heterocycles. The molecule has 0 aromatic heterocycles. The summed E-state index contributed by atoms with van der Waals surface area (Å²) in [5, 5.41) is 1.11. The summed E-state index contributed by atoms with van der Waals surface area (Å²) in [7, 11) is -3.08. The Morgan fingerprint density at radius 1 is 1.29 bits per heavy atom. The molecule has 0 bridgehead atoms. The number of nitrogens with zero attached hydrogens (tertiary/aromatic N) is 2. The number of hydrogen-bond donors (Lipinski definition) is 0. The van der Waals surface area contributed by atoms with Gasteiger partial charge >= 0.3 is 0 Å². The van der Waals surface area contributed by atoms with E-state index in [2.05, 4.69) is 4.99 Å². The number of fused-ring (bicyclic) bond motifs is 1. The van der Waals surface area contributed by atoms with Crippen molar-refractivity contribution < 1.29 is 13.2 Å². The molecule has 5 nitrogen and oxygen atoms in total. The van der Waals surface area contributed by atoms with Crippen LogP contribution in [0.3, 0.4) is 0 Å². The van der Waals surface area contributed by atoms with E-state index in [0.29, 0.717) is 22.5 Å². The van der Waals surface area contributed by atoms with E-state index in [1.165, 1.54) is 37.4 Å². The third-order valence-corrected chi connectivity index (χ3v) is 9.40. The average Bonchev–Trinajstić information content (AvgIpc) is 3.30. The zero-order chi connectivity index (χ0) is 19.9. The molecule has 0 radical (unpaired) electrons. The minimum atomic E-state index is -3.08. The first kappa shape index (κ1) is 20.2. The molecule has 152 valence electrons. The Morgan fingerprint density at radius 3 is 2.79 bits per heavy atom. The number of amides is 1. The van der Waals surface area contributed by atoms with Crippen molar-refractivity contribution in [1.82, 2.24) is 0 Å². The number of anilines is 1. The molecular formula is C20H25ClN2O3S2. The second-order valence-electron chi connectivity index (χ2n) is 8.08. The first-order chi connectivity index (χ1) is 13.3. The molecule has 1 saturated carbocycles. The Labute approximate surface area is 175 Å². The van der Waals surface area contributed by atoms with Crippen LogP contribution in [0.25, 0.3) is 0 Å². The highest BCUT2D eigenvalue weighted by Crippen LogP contribution is 2.42. The zero-order valence-electron chi connectivity index (χ0n) is 15.9. The topological polar surface area (TPSA) is 66.8 Å². The number of sulfone groups is 1. The highest BCUT2D eigenvalue weighted by molar-refractivity contribution is 8.16. The fourth-order valence-corrected chi connectivity index (χ4v) is 8.57. The third-order valence-electron chi connectivity index (χ3n) is 5.96. The molecule has 2 aliphatic heterocycles. The third kappa shape index (κ3) is 4.26. The lowest BCUT2D eigenvalue weighted by Gasteiger charge is -2.26. The Hall–Kier alpha value is -1.05. The predicted molar refractivity (Wildman–Crippen MR) is 116 cm³/mol. The van der Waals surface area contributed by atoms with Crippen LogP contribution < -0.4 is 4.90 Å². The highest BCUT2D eigenvalue weighted by atomic mass is 35.5. The summed E-state index contributed by atoms with van der Waals surface area (Å²) in [5.74, 6) is 0.762. The molecule has 8 heteroatoms. The largest absolute Gasteiger partial charge is 0.315 e. The maximum Gasteiger partial charge on any atom is 0.248 e. The number of rotatable bonds is 4. The number of carbonyl (C=O) groups is 1. The van der Waals surface area contributed by atoms with Gasteiger partial charge in [0.05, 0.1) is 17.5 Å². The van der Waals surface area contributed by atoms with Gasteiger partial charge in [-0.15, -0.1) is 0 Å². The molecule has 0 N–H and O–H groups in total. The standard InChI is InChI=1S/C20H25ClN2O3S2/c1-13-6-8-15(21)10-16(13)23-17-11-28(25,26)12-18(17)27-20(23)22-19(24)9-7-14-4-2-3-5-14/h6,8,10,14,17-18H,2-5,7,9,11-12H2,1H3. The van der Waals surface area contributed by atoms with Crippen LogP contribution in [-0.2, 0) is 14.6 Å². The molecule has 1 aromatic carbocycles. The van der Waals surface area contributed by atoms with Crippen molar-refractivity contribution in [2.24, 2.45) is 10.9 Å². The fraction of sp³-hybridized carbons (Fsp3) is 0.600. The van der Waals surface area contributed by atoms with Crippen molar-refractivity contribution in [3.8, 4) is 0 Å². The van der Waals surface area contributed by atoms with Crippen LogP contribution in [0.1, 0.15) is 44.1 Å². The summed E-state index contributed by atoms with van der Waals surface area (Å²) in [5.41, 5.74) is 1.83. The number of halogens is 1. The minimum absolute atomic E-state index is 0.0892. The van der Waals surface area contributed by atoms with Crippen molar-refractivity contribution in [2.45, 2.75) is 56.7 Å². The van der Waals surface area contributed by atoms with Crippen LogP contribution in [0.5, 0.6) is 0 Å². The molecule has 1 aliphatic carbocycles. The Balaban J connectivity index is 1.60. The van der Waals surface area contributed by atoms with Gasteiger partial charge in [0, 0.05) is 22.4 Å². The normalized spacial score (nSPS) is 28.2. The van der Waals surface area contributed by atoms with Gasteiger partial charge in [-0.3, -0.25) is 4.79 Å². The van der Waals surface area contributed by atoms with Gasteiger partial charge in [0.2, 0.25) is 5.91 Å². The van der Waals surface area contributed by atoms with Crippen molar-refractivity contribution >= 4 is 50.0 Å². The Morgan fingerprint density at radius 2 is 2.04 bits per heavy atom. The molecule has 3 fully saturated rings. The van der Waals surface area contributed by atoms with Gasteiger partial charge in [-0.1, -0.05) is 55.1 Å². The highest BCUT2D eigenvalue weighted by Gasteiger charge is 2.49. The summed E-state index contributed by atoms with van der Waals surface area (Å²) in [6.07, 6.45) is 6.33. The monoisotopic (exact) mass is 440 g/mol. The van der Waals surface area contributed by atoms with E-state index in [1.807, 2.05) is 30.0 Å². The molecule has 28 heavy (non-hydrogen) atoms. The van der Waals surface area contributed by atoms with E-state index in [4.69, 9.17) is 11.6 Å². The molecule has 2 saturated heterocycles. The van der Waals surface area contributed by atoms with Gasteiger partial charge in [0.25, 0.3) is 0 Å².